The zero-order valence-corrected chi connectivity index (χ0v) is 16.4. The molecule has 0 unspecified atom stereocenters. The number of hydrogen-bond donors (Lipinski definition) is 0. The van der Waals surface area contributed by atoms with Crippen molar-refractivity contribution >= 4 is 11.9 Å². The Morgan fingerprint density at radius 2 is 1.65 bits per heavy atom. The van der Waals surface area contributed by atoms with Crippen LogP contribution in [0.1, 0.15) is 22.3 Å². The molecule has 0 aliphatic carbocycles. The first-order chi connectivity index (χ1) is 12.5. The zero-order valence-electron chi connectivity index (χ0n) is 16.4. The molecule has 2 aromatic rings. The number of piperazine rings is 1. The van der Waals surface area contributed by atoms with Crippen molar-refractivity contribution in [3.8, 4) is 0 Å². The standard InChI is InChI=1S/C22H30N4/c1-18-5-8-21(19(2)15-18)17-25-11-13-26(14-12-25)23-16-20-6-9-22(10-7-20)24(3)4/h5-10,15-16H,11-14,17H2,1-4H3. The molecular weight excluding hydrogens is 320 g/mol. The molecule has 26 heavy (non-hydrogen) atoms. The van der Waals surface area contributed by atoms with E-state index in [1.165, 1.54) is 22.4 Å². The molecule has 1 fully saturated rings. The molecule has 3 rings (SSSR count). The Kier molecular flexibility index (Phi) is 5.94. The minimum atomic E-state index is 0.983. The molecule has 4 nitrogen and oxygen atoms in total. The second kappa shape index (κ2) is 8.37. The number of aryl methyl sites for hydroxylation is 2. The van der Waals surface area contributed by atoms with Crippen LogP contribution in [0.5, 0.6) is 0 Å². The Hall–Kier alpha value is -2.33. The van der Waals surface area contributed by atoms with E-state index in [-0.39, 0.29) is 0 Å². The molecule has 0 saturated carbocycles. The van der Waals surface area contributed by atoms with Crippen molar-refractivity contribution in [3.05, 3.63) is 64.7 Å². The number of hydrogen-bond acceptors (Lipinski definition) is 4. The summed E-state index contributed by atoms with van der Waals surface area (Å²) in [6, 6.07) is 15.3. The van der Waals surface area contributed by atoms with Gasteiger partial charge in [-0.25, -0.2) is 0 Å². The van der Waals surface area contributed by atoms with Gasteiger partial charge in [-0.05, 0) is 42.7 Å². The molecule has 0 radical (unpaired) electrons. The van der Waals surface area contributed by atoms with E-state index >= 15 is 0 Å². The molecular formula is C22H30N4. The van der Waals surface area contributed by atoms with Crippen LogP contribution >= 0.6 is 0 Å². The predicted molar refractivity (Wildman–Crippen MR) is 111 cm³/mol. The summed E-state index contributed by atoms with van der Waals surface area (Å²) in [5, 5.41) is 6.85. The van der Waals surface area contributed by atoms with E-state index < -0.39 is 0 Å². The number of nitrogens with zero attached hydrogens (tertiary/aromatic N) is 4. The summed E-state index contributed by atoms with van der Waals surface area (Å²) in [7, 11) is 4.11. The summed E-state index contributed by atoms with van der Waals surface area (Å²) < 4.78 is 0. The number of anilines is 1. The lowest BCUT2D eigenvalue weighted by molar-refractivity contribution is 0.131. The van der Waals surface area contributed by atoms with Gasteiger partial charge in [-0.15, -0.1) is 0 Å². The maximum absolute atomic E-state index is 4.67. The first kappa shape index (κ1) is 18.5. The van der Waals surface area contributed by atoms with E-state index in [2.05, 4.69) is 90.3 Å². The van der Waals surface area contributed by atoms with Crippen LogP contribution in [0.4, 0.5) is 5.69 Å². The minimum Gasteiger partial charge on any atom is -0.378 e. The smallest absolute Gasteiger partial charge is 0.0542 e. The van der Waals surface area contributed by atoms with Gasteiger partial charge in [0.25, 0.3) is 0 Å². The highest BCUT2D eigenvalue weighted by molar-refractivity contribution is 5.80. The molecule has 1 saturated heterocycles. The van der Waals surface area contributed by atoms with Crippen LogP contribution in [0.3, 0.4) is 0 Å². The first-order valence-electron chi connectivity index (χ1n) is 9.36. The van der Waals surface area contributed by atoms with Crippen LogP contribution in [0.2, 0.25) is 0 Å². The third kappa shape index (κ3) is 4.85. The lowest BCUT2D eigenvalue weighted by Gasteiger charge is -2.33. The van der Waals surface area contributed by atoms with Crippen molar-refractivity contribution in [1.82, 2.24) is 9.91 Å². The summed E-state index contributed by atoms with van der Waals surface area (Å²) in [6.07, 6.45) is 1.97. The molecule has 2 aromatic carbocycles. The molecule has 1 aliphatic rings. The Labute approximate surface area is 157 Å². The highest BCUT2D eigenvalue weighted by atomic mass is 15.5. The van der Waals surface area contributed by atoms with Gasteiger partial charge in [0.05, 0.1) is 6.21 Å². The Balaban J connectivity index is 1.50. The Bertz CT molecular complexity index is 741. The fourth-order valence-corrected chi connectivity index (χ4v) is 3.28. The summed E-state index contributed by atoms with van der Waals surface area (Å²) in [5.41, 5.74) is 6.53. The average Bonchev–Trinajstić information content (AvgIpc) is 2.64. The summed E-state index contributed by atoms with van der Waals surface area (Å²) in [4.78, 5) is 4.63. The third-order valence-electron chi connectivity index (χ3n) is 5.02. The van der Waals surface area contributed by atoms with Crippen molar-refractivity contribution in [3.63, 3.8) is 0 Å². The van der Waals surface area contributed by atoms with Gasteiger partial charge < -0.3 is 4.90 Å². The highest BCUT2D eigenvalue weighted by Gasteiger charge is 2.16. The van der Waals surface area contributed by atoms with E-state index in [1.807, 2.05) is 6.21 Å². The van der Waals surface area contributed by atoms with Gasteiger partial charge in [0.1, 0.15) is 0 Å². The number of benzene rings is 2. The highest BCUT2D eigenvalue weighted by Crippen LogP contribution is 2.15. The third-order valence-corrected chi connectivity index (χ3v) is 5.02. The molecule has 0 bridgehead atoms. The molecule has 4 heteroatoms. The second-order valence-electron chi connectivity index (χ2n) is 7.39. The lowest BCUT2D eigenvalue weighted by atomic mass is 10.1. The van der Waals surface area contributed by atoms with Crippen LogP contribution in [0.15, 0.2) is 47.6 Å². The zero-order chi connectivity index (χ0) is 18.5. The van der Waals surface area contributed by atoms with E-state index in [0.29, 0.717) is 0 Å². The molecule has 0 aromatic heterocycles. The molecule has 0 N–H and O–H groups in total. The fourth-order valence-electron chi connectivity index (χ4n) is 3.28. The lowest BCUT2D eigenvalue weighted by Crippen LogP contribution is -2.43. The van der Waals surface area contributed by atoms with E-state index in [0.717, 1.165) is 38.3 Å². The van der Waals surface area contributed by atoms with Gasteiger partial charge in [-0.2, -0.15) is 5.10 Å². The Morgan fingerprint density at radius 1 is 0.962 bits per heavy atom. The van der Waals surface area contributed by atoms with Crippen molar-refractivity contribution in [2.45, 2.75) is 20.4 Å². The summed E-state index contributed by atoms with van der Waals surface area (Å²) in [6.45, 7) is 9.49. The molecule has 0 spiro atoms. The van der Waals surface area contributed by atoms with Gasteiger partial charge >= 0.3 is 0 Å². The average molecular weight is 351 g/mol. The van der Waals surface area contributed by atoms with Gasteiger partial charge in [-0.1, -0.05) is 35.9 Å². The summed E-state index contributed by atoms with van der Waals surface area (Å²) in [5.74, 6) is 0. The van der Waals surface area contributed by atoms with Crippen molar-refractivity contribution in [1.29, 1.82) is 0 Å². The maximum Gasteiger partial charge on any atom is 0.0542 e. The Morgan fingerprint density at radius 3 is 2.27 bits per heavy atom. The molecule has 138 valence electrons. The number of hydrazone groups is 1. The van der Waals surface area contributed by atoms with Crippen molar-refractivity contribution in [2.75, 3.05) is 45.2 Å². The van der Waals surface area contributed by atoms with Gasteiger partial charge in [-0.3, -0.25) is 9.91 Å². The largest absolute Gasteiger partial charge is 0.378 e. The SMILES string of the molecule is Cc1ccc(CN2CCN(N=Cc3ccc(N(C)C)cc3)CC2)c(C)c1. The molecule has 1 aliphatic heterocycles. The first-order valence-corrected chi connectivity index (χ1v) is 9.36. The molecule has 1 heterocycles. The van der Waals surface area contributed by atoms with Gasteiger partial charge in [0, 0.05) is 52.5 Å². The maximum atomic E-state index is 4.67. The topological polar surface area (TPSA) is 22.1 Å². The quantitative estimate of drug-likeness (QED) is 0.770. The van der Waals surface area contributed by atoms with E-state index in [4.69, 9.17) is 0 Å². The molecule has 0 amide bonds. The molecule has 0 atom stereocenters. The van der Waals surface area contributed by atoms with Gasteiger partial charge in [0.15, 0.2) is 0 Å². The van der Waals surface area contributed by atoms with Crippen LogP contribution < -0.4 is 4.90 Å². The van der Waals surface area contributed by atoms with Crippen molar-refractivity contribution in [2.24, 2.45) is 5.10 Å². The fraction of sp³-hybridized carbons (Fsp3) is 0.409. The van der Waals surface area contributed by atoms with Crippen LogP contribution in [-0.4, -0.2) is 56.4 Å². The van der Waals surface area contributed by atoms with Gasteiger partial charge in [0.2, 0.25) is 0 Å². The normalized spacial score (nSPS) is 15.6. The van der Waals surface area contributed by atoms with Crippen LogP contribution in [0.25, 0.3) is 0 Å². The predicted octanol–water partition coefficient (Wildman–Crippen LogP) is 3.52. The van der Waals surface area contributed by atoms with E-state index in [9.17, 15) is 0 Å². The van der Waals surface area contributed by atoms with Crippen LogP contribution in [-0.2, 0) is 6.54 Å². The number of rotatable bonds is 5. The minimum absolute atomic E-state index is 0.983. The second-order valence-corrected chi connectivity index (χ2v) is 7.39. The monoisotopic (exact) mass is 350 g/mol. The van der Waals surface area contributed by atoms with Crippen molar-refractivity contribution < 1.29 is 0 Å². The summed E-state index contributed by atoms with van der Waals surface area (Å²) >= 11 is 0. The van der Waals surface area contributed by atoms with E-state index in [1.54, 1.807) is 0 Å². The van der Waals surface area contributed by atoms with Crippen LogP contribution in [0, 0.1) is 13.8 Å².